The van der Waals surface area contributed by atoms with Crippen LogP contribution in [0.25, 0.3) is 0 Å². The molecule has 6 nitrogen and oxygen atoms in total. The number of aromatic nitrogens is 2. The van der Waals surface area contributed by atoms with Crippen molar-refractivity contribution in [3.05, 3.63) is 46.3 Å². The number of halogens is 2. The molecule has 1 aliphatic rings. The van der Waals surface area contributed by atoms with Crippen molar-refractivity contribution in [3.63, 3.8) is 0 Å². The van der Waals surface area contributed by atoms with Crippen molar-refractivity contribution < 1.29 is 9.53 Å². The molecular formula is C16H16Cl2N4O2. The predicted molar refractivity (Wildman–Crippen MR) is 93.1 cm³/mol. The molecule has 126 valence electrons. The molecule has 0 saturated carbocycles. The van der Waals surface area contributed by atoms with E-state index in [1.807, 2.05) is 0 Å². The number of carbonyl (C=O) groups excluding carboxylic acids is 1. The molecule has 1 aromatic carbocycles. The van der Waals surface area contributed by atoms with Crippen LogP contribution in [-0.4, -0.2) is 35.1 Å². The Bertz CT molecular complexity index is 716. The summed E-state index contributed by atoms with van der Waals surface area (Å²) in [4.78, 5) is 20.3. The maximum absolute atomic E-state index is 12.2. The molecule has 0 radical (unpaired) electrons. The van der Waals surface area contributed by atoms with Gasteiger partial charge in [-0.1, -0.05) is 29.3 Å². The summed E-state index contributed by atoms with van der Waals surface area (Å²) in [6.45, 7) is 1.22. The number of hydrogen-bond donors (Lipinski definition) is 2. The Morgan fingerprint density at radius 1 is 1.29 bits per heavy atom. The van der Waals surface area contributed by atoms with Crippen LogP contribution in [0.5, 0.6) is 0 Å². The number of carbonyl (C=O) groups is 1. The summed E-state index contributed by atoms with van der Waals surface area (Å²) in [5, 5.41) is 6.76. The third-order valence-electron chi connectivity index (χ3n) is 3.63. The van der Waals surface area contributed by atoms with Crippen LogP contribution in [0.4, 0.5) is 11.5 Å². The molecule has 1 fully saturated rings. The van der Waals surface area contributed by atoms with E-state index in [1.165, 1.54) is 6.33 Å². The van der Waals surface area contributed by atoms with Crippen molar-refractivity contribution in [2.24, 2.45) is 0 Å². The lowest BCUT2D eigenvalue weighted by atomic mass is 10.2. The number of rotatable bonds is 5. The van der Waals surface area contributed by atoms with E-state index in [1.54, 1.807) is 24.3 Å². The predicted octanol–water partition coefficient (Wildman–Crippen LogP) is 3.44. The Labute approximate surface area is 149 Å². The monoisotopic (exact) mass is 366 g/mol. The number of hydrogen-bond acceptors (Lipinski definition) is 5. The third kappa shape index (κ3) is 4.14. The van der Waals surface area contributed by atoms with Crippen LogP contribution in [0.3, 0.4) is 0 Å². The molecule has 2 heterocycles. The number of nitrogens with one attached hydrogen (secondary N) is 2. The van der Waals surface area contributed by atoms with Gasteiger partial charge in [-0.05, 0) is 25.0 Å². The summed E-state index contributed by atoms with van der Waals surface area (Å²) in [7, 11) is 0. The van der Waals surface area contributed by atoms with E-state index < -0.39 is 0 Å². The van der Waals surface area contributed by atoms with Gasteiger partial charge < -0.3 is 15.4 Å². The molecule has 2 aromatic rings. The number of amides is 1. The van der Waals surface area contributed by atoms with E-state index in [4.69, 9.17) is 27.9 Å². The zero-order valence-electron chi connectivity index (χ0n) is 12.8. The highest BCUT2D eigenvalue weighted by atomic mass is 35.5. The van der Waals surface area contributed by atoms with Gasteiger partial charge in [0, 0.05) is 19.2 Å². The minimum absolute atomic E-state index is 0.0790. The van der Waals surface area contributed by atoms with Gasteiger partial charge in [-0.2, -0.15) is 0 Å². The summed E-state index contributed by atoms with van der Waals surface area (Å²) < 4.78 is 5.48. The van der Waals surface area contributed by atoms with Gasteiger partial charge in [0.1, 0.15) is 17.8 Å². The third-order valence-corrected chi connectivity index (χ3v) is 4.26. The molecule has 8 heteroatoms. The largest absolute Gasteiger partial charge is 0.376 e. The van der Waals surface area contributed by atoms with Gasteiger partial charge in [-0.3, -0.25) is 4.79 Å². The van der Waals surface area contributed by atoms with Gasteiger partial charge in [0.25, 0.3) is 5.91 Å². The van der Waals surface area contributed by atoms with E-state index in [0.717, 1.165) is 19.4 Å². The highest BCUT2D eigenvalue weighted by Crippen LogP contribution is 2.31. The lowest BCUT2D eigenvalue weighted by molar-refractivity contribution is 0.0853. The zero-order valence-corrected chi connectivity index (χ0v) is 14.3. The van der Waals surface area contributed by atoms with Crippen molar-refractivity contribution in [2.45, 2.75) is 18.9 Å². The summed E-state index contributed by atoms with van der Waals surface area (Å²) in [6, 6.07) is 6.72. The number of nitrogens with zero attached hydrogens (tertiary/aromatic N) is 2. The smallest absolute Gasteiger partial charge is 0.270 e. The molecule has 3 rings (SSSR count). The molecule has 0 bridgehead atoms. The molecule has 1 unspecified atom stereocenters. The minimum atomic E-state index is -0.277. The van der Waals surface area contributed by atoms with Crippen LogP contribution >= 0.6 is 23.2 Å². The van der Waals surface area contributed by atoms with Gasteiger partial charge in [0.15, 0.2) is 0 Å². The normalized spacial score (nSPS) is 16.8. The zero-order chi connectivity index (χ0) is 16.9. The van der Waals surface area contributed by atoms with Crippen LogP contribution in [0.2, 0.25) is 10.0 Å². The van der Waals surface area contributed by atoms with Crippen molar-refractivity contribution in [3.8, 4) is 0 Å². The van der Waals surface area contributed by atoms with Gasteiger partial charge in [0.2, 0.25) is 0 Å². The Morgan fingerprint density at radius 3 is 2.79 bits per heavy atom. The first-order valence-corrected chi connectivity index (χ1v) is 8.32. The molecule has 1 saturated heterocycles. The number of ether oxygens (including phenoxy) is 1. The van der Waals surface area contributed by atoms with Gasteiger partial charge in [-0.15, -0.1) is 0 Å². The van der Waals surface area contributed by atoms with Crippen molar-refractivity contribution in [1.29, 1.82) is 0 Å². The lowest BCUT2D eigenvalue weighted by Crippen LogP contribution is -2.32. The molecule has 2 N–H and O–H groups in total. The topological polar surface area (TPSA) is 76.1 Å². The average molecular weight is 367 g/mol. The SMILES string of the molecule is O=C(NCC1CCCO1)c1cc(Nc2c(Cl)cccc2Cl)ncn1. The first-order chi connectivity index (χ1) is 11.6. The highest BCUT2D eigenvalue weighted by Gasteiger charge is 2.17. The van der Waals surface area contributed by atoms with E-state index in [2.05, 4.69) is 20.6 Å². The number of anilines is 2. The van der Waals surface area contributed by atoms with Crippen molar-refractivity contribution in [2.75, 3.05) is 18.5 Å². The van der Waals surface area contributed by atoms with Crippen molar-refractivity contribution >= 4 is 40.6 Å². The molecular weight excluding hydrogens is 351 g/mol. The first kappa shape index (κ1) is 17.0. The van der Waals surface area contributed by atoms with Crippen molar-refractivity contribution in [1.82, 2.24) is 15.3 Å². The molecule has 1 aromatic heterocycles. The summed E-state index contributed by atoms with van der Waals surface area (Å²) >= 11 is 12.2. The summed E-state index contributed by atoms with van der Waals surface area (Å²) in [5.74, 6) is 0.156. The summed E-state index contributed by atoms with van der Waals surface area (Å²) in [6.07, 6.45) is 3.38. The molecule has 1 atom stereocenters. The molecule has 1 amide bonds. The minimum Gasteiger partial charge on any atom is -0.376 e. The quantitative estimate of drug-likeness (QED) is 0.847. The molecule has 0 aliphatic carbocycles. The van der Waals surface area contributed by atoms with Gasteiger partial charge in [0.05, 0.1) is 21.8 Å². The summed E-state index contributed by atoms with van der Waals surface area (Å²) in [5.41, 5.74) is 0.791. The number of benzene rings is 1. The van der Waals surface area contributed by atoms with E-state index >= 15 is 0 Å². The Kier molecular flexibility index (Phi) is 5.50. The van der Waals surface area contributed by atoms with Crippen LogP contribution < -0.4 is 10.6 Å². The first-order valence-electron chi connectivity index (χ1n) is 7.56. The van der Waals surface area contributed by atoms with Crippen LogP contribution in [0.15, 0.2) is 30.6 Å². The standard InChI is InChI=1S/C16H16Cl2N4O2/c17-11-4-1-5-12(18)15(11)22-14-7-13(20-9-21-14)16(23)19-8-10-3-2-6-24-10/h1,4-5,7,9-10H,2-3,6,8H2,(H,19,23)(H,20,21,22). The van der Waals surface area contributed by atoms with Crippen LogP contribution in [0.1, 0.15) is 23.3 Å². The average Bonchev–Trinajstić information content (AvgIpc) is 3.10. The van der Waals surface area contributed by atoms with E-state index in [-0.39, 0.29) is 17.7 Å². The fourth-order valence-corrected chi connectivity index (χ4v) is 2.89. The fraction of sp³-hybridized carbons (Fsp3) is 0.312. The highest BCUT2D eigenvalue weighted by molar-refractivity contribution is 6.39. The second-order valence-corrected chi connectivity index (χ2v) is 6.17. The van der Waals surface area contributed by atoms with E-state index in [9.17, 15) is 4.79 Å². The van der Waals surface area contributed by atoms with Gasteiger partial charge in [-0.25, -0.2) is 9.97 Å². The fourth-order valence-electron chi connectivity index (χ4n) is 2.40. The van der Waals surface area contributed by atoms with Gasteiger partial charge >= 0.3 is 0 Å². The van der Waals surface area contributed by atoms with E-state index in [0.29, 0.717) is 28.1 Å². The Morgan fingerprint density at radius 2 is 2.08 bits per heavy atom. The molecule has 24 heavy (non-hydrogen) atoms. The molecule has 1 aliphatic heterocycles. The Balaban J connectivity index is 1.68. The van der Waals surface area contributed by atoms with Crippen LogP contribution in [-0.2, 0) is 4.74 Å². The number of para-hydroxylation sites is 1. The molecule has 0 spiro atoms. The lowest BCUT2D eigenvalue weighted by Gasteiger charge is -2.12. The Hall–Kier alpha value is -1.89. The maximum atomic E-state index is 12.2. The second-order valence-electron chi connectivity index (χ2n) is 5.36. The maximum Gasteiger partial charge on any atom is 0.270 e. The second kappa shape index (κ2) is 7.79. The van der Waals surface area contributed by atoms with Crippen LogP contribution in [0, 0.1) is 0 Å².